The number of nitrogens with two attached hydrogens (primary N) is 1. The van der Waals surface area contributed by atoms with Gasteiger partial charge in [-0.3, -0.25) is 9.29 Å². The lowest BCUT2D eigenvalue weighted by atomic mass is 10.2. The van der Waals surface area contributed by atoms with Crippen LogP contribution in [0.4, 0.5) is 5.69 Å². The lowest BCUT2D eigenvalue weighted by Gasteiger charge is -2.19. The highest BCUT2D eigenvalue weighted by Gasteiger charge is 2.17. The van der Waals surface area contributed by atoms with Gasteiger partial charge in [-0.25, -0.2) is 8.42 Å². The van der Waals surface area contributed by atoms with Crippen LogP contribution in [0.5, 0.6) is 0 Å². The minimum absolute atomic E-state index is 0.123. The summed E-state index contributed by atoms with van der Waals surface area (Å²) in [7, 11) is -1.89. The molecule has 0 aliphatic rings. The summed E-state index contributed by atoms with van der Waals surface area (Å²) in [6, 6.07) is 1.63. The van der Waals surface area contributed by atoms with E-state index in [1.54, 1.807) is 13.0 Å². The molecule has 1 aromatic heterocycles. The third-order valence-corrected chi connectivity index (χ3v) is 3.53. The van der Waals surface area contributed by atoms with Crippen LogP contribution in [0.2, 0.25) is 0 Å². The van der Waals surface area contributed by atoms with Crippen LogP contribution in [0.15, 0.2) is 12.3 Å². The van der Waals surface area contributed by atoms with Crippen molar-refractivity contribution in [1.82, 2.24) is 4.98 Å². The minimum atomic E-state index is -3.34. The number of hydrogen-bond donors (Lipinski definition) is 1. The number of sulfonamides is 1. The van der Waals surface area contributed by atoms with Crippen LogP contribution in [0.3, 0.4) is 0 Å². The van der Waals surface area contributed by atoms with Gasteiger partial charge in [0.05, 0.1) is 17.5 Å². The van der Waals surface area contributed by atoms with Crippen LogP contribution >= 0.6 is 12.2 Å². The normalized spacial score (nSPS) is 11.2. The van der Waals surface area contributed by atoms with Gasteiger partial charge in [-0.2, -0.15) is 0 Å². The Labute approximate surface area is 100 Å². The SMILES string of the molecule is Cc1cc(N(C)S(C)(=O)=O)c(C(N)=S)cn1. The molecular weight excluding hydrogens is 246 g/mol. The maximum absolute atomic E-state index is 11.4. The Morgan fingerprint density at radius 1 is 1.56 bits per heavy atom. The molecule has 88 valence electrons. The minimum Gasteiger partial charge on any atom is -0.389 e. The van der Waals surface area contributed by atoms with E-state index in [2.05, 4.69) is 4.98 Å². The molecular formula is C9H13N3O2S2. The highest BCUT2D eigenvalue weighted by atomic mass is 32.2. The first-order chi connectivity index (χ1) is 7.23. The molecule has 16 heavy (non-hydrogen) atoms. The molecule has 5 nitrogen and oxygen atoms in total. The van der Waals surface area contributed by atoms with E-state index in [1.807, 2.05) is 0 Å². The van der Waals surface area contributed by atoms with Gasteiger partial charge in [-0.05, 0) is 13.0 Å². The first-order valence-corrected chi connectivity index (χ1v) is 6.69. The van der Waals surface area contributed by atoms with Gasteiger partial charge in [0.2, 0.25) is 10.0 Å². The van der Waals surface area contributed by atoms with Crippen LogP contribution in [0.25, 0.3) is 0 Å². The van der Waals surface area contributed by atoms with Gasteiger partial charge in [-0.15, -0.1) is 0 Å². The highest BCUT2D eigenvalue weighted by Crippen LogP contribution is 2.21. The van der Waals surface area contributed by atoms with E-state index in [0.717, 1.165) is 10.6 Å². The molecule has 0 amide bonds. The van der Waals surface area contributed by atoms with Gasteiger partial charge in [-0.1, -0.05) is 12.2 Å². The Balaban J connectivity index is 3.42. The Hall–Kier alpha value is -1.21. The Kier molecular flexibility index (Phi) is 3.49. The monoisotopic (exact) mass is 259 g/mol. The van der Waals surface area contributed by atoms with Gasteiger partial charge in [0.25, 0.3) is 0 Å². The van der Waals surface area contributed by atoms with Crippen molar-refractivity contribution < 1.29 is 8.42 Å². The van der Waals surface area contributed by atoms with Gasteiger partial charge < -0.3 is 5.73 Å². The van der Waals surface area contributed by atoms with E-state index in [-0.39, 0.29) is 4.99 Å². The number of pyridine rings is 1. The molecule has 1 heterocycles. The van der Waals surface area contributed by atoms with Crippen molar-refractivity contribution in [3.8, 4) is 0 Å². The summed E-state index contributed by atoms with van der Waals surface area (Å²) in [6.07, 6.45) is 2.60. The fourth-order valence-electron chi connectivity index (χ4n) is 1.17. The molecule has 0 fully saturated rings. The summed E-state index contributed by atoms with van der Waals surface area (Å²) in [4.78, 5) is 4.16. The molecule has 0 bridgehead atoms. The molecule has 2 N–H and O–H groups in total. The molecule has 1 rings (SSSR count). The average molecular weight is 259 g/mol. The first kappa shape index (κ1) is 12.9. The average Bonchev–Trinajstić information content (AvgIpc) is 2.14. The molecule has 0 spiro atoms. The summed E-state index contributed by atoms with van der Waals surface area (Å²) in [5.41, 5.74) is 7.11. The van der Waals surface area contributed by atoms with E-state index in [1.165, 1.54) is 13.2 Å². The number of aryl methyl sites for hydroxylation is 1. The van der Waals surface area contributed by atoms with Gasteiger partial charge >= 0.3 is 0 Å². The van der Waals surface area contributed by atoms with Crippen LogP contribution in [0, 0.1) is 6.92 Å². The van der Waals surface area contributed by atoms with Crippen molar-refractivity contribution in [1.29, 1.82) is 0 Å². The second-order valence-corrected chi connectivity index (χ2v) is 5.89. The van der Waals surface area contributed by atoms with E-state index >= 15 is 0 Å². The molecule has 0 radical (unpaired) electrons. The summed E-state index contributed by atoms with van der Waals surface area (Å²) < 4.78 is 24.0. The molecule has 1 aromatic rings. The van der Waals surface area contributed by atoms with Crippen molar-refractivity contribution in [2.24, 2.45) is 5.73 Å². The highest BCUT2D eigenvalue weighted by molar-refractivity contribution is 7.92. The Morgan fingerprint density at radius 3 is 2.56 bits per heavy atom. The van der Waals surface area contributed by atoms with Crippen molar-refractivity contribution in [3.05, 3.63) is 23.5 Å². The number of rotatable bonds is 3. The van der Waals surface area contributed by atoms with Crippen molar-refractivity contribution >= 4 is 32.9 Å². The van der Waals surface area contributed by atoms with Crippen LogP contribution in [-0.4, -0.2) is 31.7 Å². The number of thiocarbonyl (C=S) groups is 1. The lowest BCUT2D eigenvalue weighted by Crippen LogP contribution is -2.28. The molecule has 0 aliphatic carbocycles. The number of anilines is 1. The van der Waals surface area contributed by atoms with Gasteiger partial charge in [0, 0.05) is 18.9 Å². The largest absolute Gasteiger partial charge is 0.389 e. The van der Waals surface area contributed by atoms with Crippen LogP contribution in [-0.2, 0) is 10.0 Å². The molecule has 0 aromatic carbocycles. The van der Waals surface area contributed by atoms with Crippen molar-refractivity contribution in [2.75, 3.05) is 17.6 Å². The third-order valence-electron chi connectivity index (χ3n) is 2.12. The number of nitrogens with zero attached hydrogens (tertiary/aromatic N) is 2. The Bertz CT molecular complexity index is 526. The fourth-order valence-corrected chi connectivity index (χ4v) is 1.84. The quantitative estimate of drug-likeness (QED) is 0.796. The maximum atomic E-state index is 11.4. The zero-order chi connectivity index (χ0) is 12.5. The third kappa shape index (κ3) is 2.67. The van der Waals surface area contributed by atoms with Crippen LogP contribution in [0.1, 0.15) is 11.3 Å². The van der Waals surface area contributed by atoms with E-state index in [0.29, 0.717) is 16.9 Å². The Morgan fingerprint density at radius 2 is 2.12 bits per heavy atom. The molecule has 0 aliphatic heterocycles. The first-order valence-electron chi connectivity index (χ1n) is 4.44. The number of hydrogen-bond acceptors (Lipinski definition) is 4. The second-order valence-electron chi connectivity index (χ2n) is 3.44. The fraction of sp³-hybridized carbons (Fsp3) is 0.333. The predicted octanol–water partition coefficient (Wildman–Crippen LogP) is 0.420. The molecule has 0 saturated carbocycles. The number of aromatic nitrogens is 1. The summed E-state index contributed by atoms with van der Waals surface area (Å²) in [6.45, 7) is 1.77. The smallest absolute Gasteiger partial charge is 0.232 e. The van der Waals surface area contributed by atoms with Crippen LogP contribution < -0.4 is 10.0 Å². The molecule has 0 atom stereocenters. The predicted molar refractivity (Wildman–Crippen MR) is 68.1 cm³/mol. The van der Waals surface area contributed by atoms with E-state index in [9.17, 15) is 8.42 Å². The standard InChI is InChI=1S/C9H13N3O2S2/c1-6-4-8(12(2)16(3,13)14)7(5-11-6)9(10)15/h4-5H,1-3H3,(H2,10,15). The van der Waals surface area contributed by atoms with E-state index < -0.39 is 10.0 Å². The summed E-state index contributed by atoms with van der Waals surface area (Å²) in [5, 5.41) is 0. The van der Waals surface area contributed by atoms with Crippen molar-refractivity contribution in [3.63, 3.8) is 0 Å². The zero-order valence-electron chi connectivity index (χ0n) is 9.26. The topological polar surface area (TPSA) is 76.3 Å². The molecule has 0 unspecified atom stereocenters. The summed E-state index contributed by atoms with van der Waals surface area (Å²) in [5.74, 6) is 0. The van der Waals surface area contributed by atoms with Crippen molar-refractivity contribution in [2.45, 2.75) is 6.92 Å². The van der Waals surface area contributed by atoms with Gasteiger partial charge in [0.15, 0.2) is 0 Å². The van der Waals surface area contributed by atoms with Gasteiger partial charge in [0.1, 0.15) is 4.99 Å². The lowest BCUT2D eigenvalue weighted by molar-refractivity contribution is 0.600. The summed E-state index contributed by atoms with van der Waals surface area (Å²) >= 11 is 4.85. The zero-order valence-corrected chi connectivity index (χ0v) is 10.9. The second kappa shape index (κ2) is 4.34. The molecule has 7 heteroatoms. The van der Waals surface area contributed by atoms with E-state index in [4.69, 9.17) is 18.0 Å². The molecule has 0 saturated heterocycles. The maximum Gasteiger partial charge on any atom is 0.232 e.